The van der Waals surface area contributed by atoms with Crippen molar-refractivity contribution in [2.24, 2.45) is 0 Å². The van der Waals surface area contributed by atoms with Crippen LogP contribution >= 0.6 is 7.26 Å². The Balaban J connectivity index is 3.50. The SMILES string of the molecule is CCCCCOCCOCCOCC[P+](CC)(CC)CC(C)O. The summed E-state index contributed by atoms with van der Waals surface area (Å²) in [5.41, 5.74) is 0. The van der Waals surface area contributed by atoms with Crippen LogP contribution in [-0.4, -0.2) is 75.5 Å². The average Bonchev–Trinajstić information content (AvgIpc) is 2.54. The highest BCUT2D eigenvalue weighted by Gasteiger charge is 2.34. The van der Waals surface area contributed by atoms with E-state index in [1.807, 2.05) is 6.92 Å². The van der Waals surface area contributed by atoms with Gasteiger partial charge in [0.2, 0.25) is 0 Å². The molecule has 0 aliphatic carbocycles. The molecule has 0 bridgehead atoms. The van der Waals surface area contributed by atoms with E-state index in [2.05, 4.69) is 20.8 Å². The highest BCUT2D eigenvalue weighted by molar-refractivity contribution is 7.75. The van der Waals surface area contributed by atoms with Crippen molar-refractivity contribution in [1.29, 1.82) is 0 Å². The molecule has 0 spiro atoms. The van der Waals surface area contributed by atoms with Gasteiger partial charge in [0.25, 0.3) is 0 Å². The number of hydrogen-bond acceptors (Lipinski definition) is 4. The second-order valence-electron chi connectivity index (χ2n) is 6.27. The normalized spacial score (nSPS) is 13.4. The Morgan fingerprint density at radius 1 is 0.783 bits per heavy atom. The van der Waals surface area contributed by atoms with E-state index in [-0.39, 0.29) is 6.10 Å². The third kappa shape index (κ3) is 13.3. The minimum atomic E-state index is -1.03. The first-order valence-corrected chi connectivity index (χ1v) is 11.9. The molecule has 1 N–H and O–H groups in total. The summed E-state index contributed by atoms with van der Waals surface area (Å²) < 4.78 is 16.7. The average molecular weight is 351 g/mol. The standard InChI is InChI=1S/C18H40O4P/c1-5-8-9-10-20-11-12-21-13-14-22-15-16-23(6-2,7-3)17-18(4)19/h18-19H,5-17H2,1-4H3/q+1. The minimum Gasteiger partial charge on any atom is -0.390 e. The van der Waals surface area contributed by atoms with Gasteiger partial charge in [0.1, 0.15) is 0 Å². The molecule has 0 fully saturated rings. The lowest BCUT2D eigenvalue weighted by molar-refractivity contribution is 0.0166. The van der Waals surface area contributed by atoms with Gasteiger partial charge in [0, 0.05) is 13.9 Å². The van der Waals surface area contributed by atoms with Crippen LogP contribution in [0.4, 0.5) is 0 Å². The molecule has 4 nitrogen and oxygen atoms in total. The van der Waals surface area contributed by atoms with E-state index in [0.717, 1.165) is 32.0 Å². The smallest absolute Gasteiger partial charge is 0.0851 e. The Hall–Kier alpha value is 0.270. The number of aliphatic hydroxyl groups excluding tert-OH is 1. The van der Waals surface area contributed by atoms with Crippen LogP contribution < -0.4 is 0 Å². The van der Waals surface area contributed by atoms with Crippen molar-refractivity contribution >= 4 is 7.26 Å². The molecular weight excluding hydrogens is 311 g/mol. The van der Waals surface area contributed by atoms with Gasteiger partial charge in [-0.05, 0) is 27.2 Å². The van der Waals surface area contributed by atoms with E-state index in [0.29, 0.717) is 26.4 Å². The van der Waals surface area contributed by atoms with Gasteiger partial charge < -0.3 is 19.3 Å². The summed E-state index contributed by atoms with van der Waals surface area (Å²) in [6, 6.07) is 0. The van der Waals surface area contributed by atoms with Crippen molar-refractivity contribution in [1.82, 2.24) is 0 Å². The second kappa shape index (κ2) is 15.8. The third-order valence-corrected chi connectivity index (χ3v) is 9.46. The molecule has 0 rings (SSSR count). The van der Waals surface area contributed by atoms with Crippen molar-refractivity contribution in [3.8, 4) is 0 Å². The van der Waals surface area contributed by atoms with Crippen LogP contribution in [0.15, 0.2) is 0 Å². The quantitative estimate of drug-likeness (QED) is 0.321. The van der Waals surface area contributed by atoms with E-state index in [1.54, 1.807) is 0 Å². The van der Waals surface area contributed by atoms with Gasteiger partial charge in [-0.15, -0.1) is 0 Å². The Bertz CT molecular complexity index is 245. The van der Waals surface area contributed by atoms with Crippen molar-refractivity contribution < 1.29 is 19.3 Å². The predicted octanol–water partition coefficient (Wildman–Crippen LogP) is 3.66. The maximum Gasteiger partial charge on any atom is 0.0851 e. The zero-order valence-corrected chi connectivity index (χ0v) is 16.8. The summed E-state index contributed by atoms with van der Waals surface area (Å²) >= 11 is 0. The molecule has 1 unspecified atom stereocenters. The zero-order valence-electron chi connectivity index (χ0n) is 15.9. The first kappa shape index (κ1) is 23.3. The number of aliphatic hydroxyl groups is 1. The van der Waals surface area contributed by atoms with Crippen LogP contribution in [0, 0.1) is 0 Å². The fourth-order valence-corrected chi connectivity index (χ4v) is 6.12. The van der Waals surface area contributed by atoms with E-state index >= 15 is 0 Å². The molecule has 0 saturated heterocycles. The first-order valence-electron chi connectivity index (χ1n) is 9.36. The van der Waals surface area contributed by atoms with Crippen molar-refractivity contribution in [2.75, 3.05) is 64.3 Å². The Morgan fingerprint density at radius 2 is 1.30 bits per heavy atom. The molecular formula is C18H40O4P+. The van der Waals surface area contributed by atoms with Crippen LogP contribution in [0.3, 0.4) is 0 Å². The van der Waals surface area contributed by atoms with Crippen LogP contribution in [0.25, 0.3) is 0 Å². The molecule has 0 aromatic carbocycles. The predicted molar refractivity (Wildman–Crippen MR) is 101 cm³/mol. The minimum absolute atomic E-state index is 0.191. The lowest BCUT2D eigenvalue weighted by atomic mass is 10.3. The molecule has 0 amide bonds. The summed E-state index contributed by atoms with van der Waals surface area (Å²) in [7, 11) is -1.03. The van der Waals surface area contributed by atoms with Crippen molar-refractivity contribution in [2.45, 2.75) is 53.1 Å². The molecule has 1 atom stereocenters. The van der Waals surface area contributed by atoms with E-state index in [9.17, 15) is 5.11 Å². The summed E-state index contributed by atoms with van der Waals surface area (Å²) in [6.45, 7) is 12.9. The van der Waals surface area contributed by atoms with Gasteiger partial charge in [-0.3, -0.25) is 0 Å². The molecule has 0 saturated carbocycles. The van der Waals surface area contributed by atoms with Crippen molar-refractivity contribution in [3.63, 3.8) is 0 Å². The third-order valence-electron chi connectivity index (χ3n) is 4.34. The summed E-state index contributed by atoms with van der Waals surface area (Å²) in [5, 5.41) is 9.70. The van der Waals surface area contributed by atoms with Crippen LogP contribution in [0.2, 0.25) is 0 Å². The van der Waals surface area contributed by atoms with Crippen LogP contribution in [0.1, 0.15) is 47.0 Å². The number of ether oxygens (including phenoxy) is 3. The van der Waals surface area contributed by atoms with E-state index in [4.69, 9.17) is 14.2 Å². The number of hydrogen-bond donors (Lipinski definition) is 1. The van der Waals surface area contributed by atoms with E-state index < -0.39 is 7.26 Å². The largest absolute Gasteiger partial charge is 0.390 e. The van der Waals surface area contributed by atoms with E-state index in [1.165, 1.54) is 25.2 Å². The molecule has 0 heterocycles. The highest BCUT2D eigenvalue weighted by Crippen LogP contribution is 2.58. The molecule has 140 valence electrons. The Morgan fingerprint density at radius 3 is 1.78 bits per heavy atom. The molecule has 0 aromatic heterocycles. The fourth-order valence-electron chi connectivity index (χ4n) is 2.70. The van der Waals surface area contributed by atoms with Crippen molar-refractivity contribution in [3.05, 3.63) is 0 Å². The maximum absolute atomic E-state index is 9.70. The molecule has 23 heavy (non-hydrogen) atoms. The van der Waals surface area contributed by atoms with Crippen LogP contribution in [0.5, 0.6) is 0 Å². The lowest BCUT2D eigenvalue weighted by Crippen LogP contribution is -2.20. The maximum atomic E-state index is 9.70. The topological polar surface area (TPSA) is 47.9 Å². The highest BCUT2D eigenvalue weighted by atomic mass is 31.2. The number of rotatable bonds is 17. The zero-order chi connectivity index (χ0) is 17.4. The lowest BCUT2D eigenvalue weighted by Gasteiger charge is -2.26. The summed E-state index contributed by atoms with van der Waals surface area (Å²) in [4.78, 5) is 0. The van der Waals surface area contributed by atoms with Gasteiger partial charge in [0.05, 0.1) is 63.8 Å². The number of unbranched alkanes of at least 4 members (excludes halogenated alkanes) is 2. The van der Waals surface area contributed by atoms with Gasteiger partial charge in [-0.2, -0.15) is 0 Å². The molecule has 0 aromatic rings. The van der Waals surface area contributed by atoms with Gasteiger partial charge in [-0.1, -0.05) is 19.8 Å². The fraction of sp³-hybridized carbons (Fsp3) is 1.00. The molecule has 0 aliphatic heterocycles. The summed E-state index contributed by atoms with van der Waals surface area (Å²) in [6.07, 6.45) is 7.90. The summed E-state index contributed by atoms with van der Waals surface area (Å²) in [5.74, 6) is 0. The molecule has 5 heteroatoms. The second-order valence-corrected chi connectivity index (χ2v) is 11.0. The molecule has 0 radical (unpaired) electrons. The monoisotopic (exact) mass is 351 g/mol. The van der Waals surface area contributed by atoms with Gasteiger partial charge in [-0.25, -0.2) is 0 Å². The first-order chi connectivity index (χ1) is 11.1. The Labute approximate surface area is 144 Å². The Kier molecular flexibility index (Phi) is 16.0. The van der Waals surface area contributed by atoms with Gasteiger partial charge >= 0.3 is 0 Å². The van der Waals surface area contributed by atoms with Crippen LogP contribution in [-0.2, 0) is 14.2 Å². The van der Waals surface area contributed by atoms with Gasteiger partial charge in [0.15, 0.2) is 0 Å². The molecule has 0 aliphatic rings.